The van der Waals surface area contributed by atoms with Gasteiger partial charge >= 0.3 is 0 Å². The zero-order valence-electron chi connectivity index (χ0n) is 8.88. The van der Waals surface area contributed by atoms with Crippen LogP contribution in [0.15, 0.2) is 28.7 Å². The monoisotopic (exact) mass is 334 g/mol. The Morgan fingerprint density at radius 2 is 2.07 bits per heavy atom. The van der Waals surface area contributed by atoms with Crippen LogP contribution in [-0.4, -0.2) is 19.0 Å². The van der Waals surface area contributed by atoms with Crippen LogP contribution in [0.3, 0.4) is 0 Å². The number of halogens is 2. The molecule has 0 aliphatic carbocycles. The average molecular weight is 336 g/mol. The van der Waals surface area contributed by atoms with E-state index in [-0.39, 0.29) is 0 Å². The van der Waals surface area contributed by atoms with E-state index in [1.165, 1.54) is 10.0 Å². The smallest absolute Gasteiger partial charge is 0.0462 e. The van der Waals surface area contributed by atoms with E-state index in [2.05, 4.69) is 50.1 Å². The van der Waals surface area contributed by atoms with Crippen LogP contribution in [0.2, 0.25) is 0 Å². The Labute approximate surface area is 108 Å². The molecule has 0 N–H and O–H groups in total. The molecule has 0 saturated heterocycles. The summed E-state index contributed by atoms with van der Waals surface area (Å²) < 4.78 is 6.28. The van der Waals surface area contributed by atoms with Gasteiger partial charge in [-0.25, -0.2) is 0 Å². The maximum atomic E-state index is 5.08. The molecule has 0 fully saturated rings. The number of rotatable bonds is 6. The second-order valence-corrected chi connectivity index (χ2v) is 5.01. The van der Waals surface area contributed by atoms with Crippen molar-refractivity contribution >= 4 is 31.9 Å². The van der Waals surface area contributed by atoms with Gasteiger partial charge in [0.25, 0.3) is 0 Å². The Balaban J connectivity index is 2.61. The highest BCUT2D eigenvalue weighted by molar-refractivity contribution is 9.10. The molecule has 3 heteroatoms. The molecule has 84 valence electrons. The molecule has 0 spiro atoms. The highest BCUT2D eigenvalue weighted by Crippen LogP contribution is 2.29. The number of benzene rings is 1. The largest absolute Gasteiger partial charge is 0.385 e. The van der Waals surface area contributed by atoms with Gasteiger partial charge in [-0.15, -0.1) is 0 Å². The average Bonchev–Trinajstić information content (AvgIpc) is 2.26. The molecular weight excluding hydrogens is 320 g/mol. The van der Waals surface area contributed by atoms with Gasteiger partial charge in [-0.3, -0.25) is 0 Å². The van der Waals surface area contributed by atoms with E-state index in [0.29, 0.717) is 5.92 Å². The van der Waals surface area contributed by atoms with Gasteiger partial charge in [-0.1, -0.05) is 50.1 Å². The summed E-state index contributed by atoms with van der Waals surface area (Å²) in [6, 6.07) is 8.42. The van der Waals surface area contributed by atoms with Crippen LogP contribution in [-0.2, 0) is 4.74 Å². The molecule has 1 atom stereocenters. The fraction of sp³-hybridized carbons (Fsp3) is 0.500. The van der Waals surface area contributed by atoms with Crippen molar-refractivity contribution in [1.29, 1.82) is 0 Å². The van der Waals surface area contributed by atoms with Crippen LogP contribution >= 0.6 is 31.9 Å². The molecule has 0 aromatic heterocycles. The highest BCUT2D eigenvalue weighted by Gasteiger charge is 2.12. The Bertz CT molecular complexity index is 289. The van der Waals surface area contributed by atoms with Crippen molar-refractivity contribution in [3.8, 4) is 0 Å². The third-order valence-corrected chi connectivity index (χ3v) is 3.94. The number of methoxy groups -OCH3 is 1. The summed E-state index contributed by atoms with van der Waals surface area (Å²) in [6.45, 7) is 0.841. The fourth-order valence-electron chi connectivity index (χ4n) is 1.60. The predicted octanol–water partition coefficient (Wildman–Crippen LogP) is 4.35. The zero-order valence-corrected chi connectivity index (χ0v) is 12.1. The van der Waals surface area contributed by atoms with E-state index >= 15 is 0 Å². The van der Waals surface area contributed by atoms with Crippen LogP contribution in [0, 0.1) is 0 Å². The number of ether oxygens (including phenoxy) is 1. The minimum Gasteiger partial charge on any atom is -0.385 e. The van der Waals surface area contributed by atoms with Crippen molar-refractivity contribution in [2.24, 2.45) is 0 Å². The number of alkyl halides is 1. The van der Waals surface area contributed by atoms with Crippen molar-refractivity contribution in [3.05, 3.63) is 34.3 Å². The van der Waals surface area contributed by atoms with Crippen molar-refractivity contribution in [2.75, 3.05) is 19.0 Å². The van der Waals surface area contributed by atoms with E-state index in [1.54, 1.807) is 7.11 Å². The quantitative estimate of drug-likeness (QED) is 0.554. The second kappa shape index (κ2) is 7.42. The first-order chi connectivity index (χ1) is 7.29. The van der Waals surface area contributed by atoms with Gasteiger partial charge in [-0.05, 0) is 30.4 Å². The molecule has 1 aromatic carbocycles. The molecule has 1 aromatic rings. The van der Waals surface area contributed by atoms with Crippen LogP contribution in [0.25, 0.3) is 0 Å². The minimum absolute atomic E-state index is 0.565. The summed E-state index contributed by atoms with van der Waals surface area (Å²) in [5.74, 6) is 0.565. The lowest BCUT2D eigenvalue weighted by Crippen LogP contribution is -2.03. The SMILES string of the molecule is COCCCC(CBr)c1ccccc1Br. The Hall–Kier alpha value is 0.140. The highest BCUT2D eigenvalue weighted by atomic mass is 79.9. The van der Waals surface area contributed by atoms with Crippen molar-refractivity contribution in [2.45, 2.75) is 18.8 Å². The lowest BCUT2D eigenvalue weighted by molar-refractivity contribution is 0.191. The summed E-state index contributed by atoms with van der Waals surface area (Å²) in [7, 11) is 1.75. The van der Waals surface area contributed by atoms with E-state index in [0.717, 1.165) is 24.8 Å². The topological polar surface area (TPSA) is 9.23 Å². The van der Waals surface area contributed by atoms with Gasteiger partial charge in [0, 0.05) is 23.5 Å². The van der Waals surface area contributed by atoms with Crippen LogP contribution in [0.5, 0.6) is 0 Å². The first kappa shape index (κ1) is 13.2. The van der Waals surface area contributed by atoms with Gasteiger partial charge < -0.3 is 4.74 Å². The third kappa shape index (κ3) is 4.25. The van der Waals surface area contributed by atoms with Crippen LogP contribution in [0.4, 0.5) is 0 Å². The maximum Gasteiger partial charge on any atom is 0.0462 e. The van der Waals surface area contributed by atoms with E-state index in [4.69, 9.17) is 4.74 Å². The summed E-state index contributed by atoms with van der Waals surface area (Å²) in [5.41, 5.74) is 1.38. The van der Waals surface area contributed by atoms with Gasteiger partial charge in [-0.2, -0.15) is 0 Å². The molecule has 0 amide bonds. The van der Waals surface area contributed by atoms with Crippen LogP contribution < -0.4 is 0 Å². The van der Waals surface area contributed by atoms with E-state index in [9.17, 15) is 0 Å². The Morgan fingerprint density at radius 3 is 2.67 bits per heavy atom. The van der Waals surface area contributed by atoms with E-state index < -0.39 is 0 Å². The van der Waals surface area contributed by atoms with E-state index in [1.807, 2.05) is 6.07 Å². The normalized spacial score (nSPS) is 12.7. The molecule has 1 unspecified atom stereocenters. The summed E-state index contributed by atoms with van der Waals surface area (Å²) in [4.78, 5) is 0. The van der Waals surface area contributed by atoms with Gasteiger partial charge in [0.05, 0.1) is 0 Å². The Kier molecular flexibility index (Phi) is 6.53. The molecule has 0 saturated carbocycles. The summed E-state index contributed by atoms with van der Waals surface area (Å²) >= 11 is 7.17. The lowest BCUT2D eigenvalue weighted by Gasteiger charge is -2.15. The van der Waals surface area contributed by atoms with Crippen molar-refractivity contribution < 1.29 is 4.74 Å². The molecule has 0 radical (unpaired) electrons. The van der Waals surface area contributed by atoms with Crippen molar-refractivity contribution in [1.82, 2.24) is 0 Å². The Morgan fingerprint density at radius 1 is 1.33 bits per heavy atom. The van der Waals surface area contributed by atoms with Gasteiger partial charge in [0.2, 0.25) is 0 Å². The zero-order chi connectivity index (χ0) is 11.1. The van der Waals surface area contributed by atoms with Crippen LogP contribution in [0.1, 0.15) is 24.3 Å². The molecule has 15 heavy (non-hydrogen) atoms. The fourth-order valence-corrected chi connectivity index (χ4v) is 2.88. The number of hydrogen-bond acceptors (Lipinski definition) is 1. The lowest BCUT2D eigenvalue weighted by atomic mass is 9.96. The maximum absolute atomic E-state index is 5.08. The molecule has 0 aliphatic rings. The molecule has 1 rings (SSSR count). The first-order valence-electron chi connectivity index (χ1n) is 5.09. The third-order valence-electron chi connectivity index (χ3n) is 2.43. The first-order valence-corrected chi connectivity index (χ1v) is 7.00. The summed E-state index contributed by atoms with van der Waals surface area (Å²) in [5, 5.41) is 0.999. The standard InChI is InChI=1S/C12H16Br2O/c1-15-8-4-5-10(9-13)11-6-2-3-7-12(11)14/h2-3,6-7,10H,4-5,8-9H2,1H3. The molecular formula is C12H16Br2O. The van der Waals surface area contributed by atoms with Crippen molar-refractivity contribution in [3.63, 3.8) is 0 Å². The molecule has 0 aliphatic heterocycles. The minimum atomic E-state index is 0.565. The molecule has 0 heterocycles. The van der Waals surface area contributed by atoms with Gasteiger partial charge in [0.1, 0.15) is 0 Å². The van der Waals surface area contributed by atoms with Gasteiger partial charge in [0.15, 0.2) is 0 Å². The number of hydrogen-bond donors (Lipinski definition) is 0. The molecule has 0 bridgehead atoms. The molecule has 1 nitrogen and oxygen atoms in total. The summed E-state index contributed by atoms with van der Waals surface area (Å²) in [6.07, 6.45) is 2.26. The second-order valence-electron chi connectivity index (χ2n) is 3.51. The predicted molar refractivity (Wildman–Crippen MR) is 71.8 cm³/mol.